The summed E-state index contributed by atoms with van der Waals surface area (Å²) in [7, 11) is -5.75. The lowest BCUT2D eigenvalue weighted by atomic mass is 10.1. The Morgan fingerprint density at radius 2 is 1.47 bits per heavy atom. The number of hydrogen-bond acceptors (Lipinski definition) is 5. The molecule has 8 nitrogen and oxygen atoms in total. The van der Waals surface area contributed by atoms with Gasteiger partial charge in [-0.05, 0) is 36.2 Å². The Kier molecular flexibility index (Phi) is 5.43. The molecule has 1 saturated heterocycles. The topological polar surface area (TPSA) is 92.6 Å². The van der Waals surface area contributed by atoms with Crippen molar-refractivity contribution in [2.45, 2.75) is 23.3 Å². The first kappa shape index (κ1) is 21.0. The summed E-state index contributed by atoms with van der Waals surface area (Å²) in [6, 6.07) is 12.6. The van der Waals surface area contributed by atoms with Crippen LogP contribution in [0.3, 0.4) is 0 Å². The van der Waals surface area contributed by atoms with E-state index in [0.717, 1.165) is 10.8 Å². The van der Waals surface area contributed by atoms with Gasteiger partial charge in [-0.25, -0.2) is 21.8 Å². The summed E-state index contributed by atoms with van der Waals surface area (Å²) in [4.78, 5) is 4.35. The van der Waals surface area contributed by atoms with Crippen LogP contribution in [0.2, 0.25) is 0 Å². The molecule has 30 heavy (non-hydrogen) atoms. The third kappa shape index (κ3) is 3.76. The maximum absolute atomic E-state index is 13.2. The van der Waals surface area contributed by atoms with Crippen LogP contribution in [0.15, 0.2) is 58.6 Å². The van der Waals surface area contributed by atoms with E-state index in [1.165, 1.54) is 14.8 Å². The van der Waals surface area contributed by atoms with E-state index in [-0.39, 0.29) is 36.1 Å². The molecule has 160 valence electrons. The fourth-order valence-electron chi connectivity index (χ4n) is 3.61. The van der Waals surface area contributed by atoms with E-state index < -0.39 is 20.0 Å². The number of benzene rings is 2. The first-order valence-electron chi connectivity index (χ1n) is 9.69. The predicted octanol–water partition coefficient (Wildman–Crippen LogP) is 1.97. The van der Waals surface area contributed by atoms with Crippen molar-refractivity contribution < 1.29 is 16.8 Å². The molecule has 4 rings (SSSR count). The second-order valence-corrected chi connectivity index (χ2v) is 11.2. The number of fused-ring (bicyclic) bond motifs is 1. The molecular weight excluding hydrogens is 424 g/mol. The highest BCUT2D eigenvalue weighted by atomic mass is 32.2. The Morgan fingerprint density at radius 1 is 0.833 bits per heavy atom. The molecule has 1 aliphatic rings. The van der Waals surface area contributed by atoms with Gasteiger partial charge in [0, 0.05) is 39.4 Å². The van der Waals surface area contributed by atoms with Crippen LogP contribution >= 0.6 is 0 Å². The molecule has 0 N–H and O–H groups in total. The molecule has 0 unspecified atom stereocenters. The highest BCUT2D eigenvalue weighted by Gasteiger charge is 2.33. The Labute approximate surface area is 176 Å². The van der Waals surface area contributed by atoms with Gasteiger partial charge in [0.15, 0.2) is 5.03 Å². The maximum Gasteiger partial charge on any atom is 0.262 e. The van der Waals surface area contributed by atoms with E-state index in [4.69, 9.17) is 0 Å². The van der Waals surface area contributed by atoms with Crippen LogP contribution in [-0.2, 0) is 27.1 Å². The average molecular weight is 449 g/mol. The van der Waals surface area contributed by atoms with Crippen LogP contribution in [0.5, 0.6) is 0 Å². The van der Waals surface area contributed by atoms with Crippen molar-refractivity contribution in [3.05, 3.63) is 54.5 Å². The molecule has 0 radical (unpaired) electrons. The summed E-state index contributed by atoms with van der Waals surface area (Å²) in [6.07, 6.45) is 1.90. The zero-order chi connectivity index (χ0) is 21.5. The fraction of sp³-hybridized carbons (Fsp3) is 0.350. The minimum Gasteiger partial charge on any atom is -0.337 e. The first-order valence-corrected chi connectivity index (χ1v) is 12.6. The Hall–Kier alpha value is -2.27. The van der Waals surface area contributed by atoms with Crippen LogP contribution in [-0.4, -0.2) is 61.2 Å². The lowest BCUT2D eigenvalue weighted by molar-refractivity contribution is 0.403. The number of hydrogen-bond donors (Lipinski definition) is 0. The van der Waals surface area contributed by atoms with Crippen LogP contribution in [0, 0.1) is 6.92 Å². The van der Waals surface area contributed by atoms with E-state index >= 15 is 0 Å². The van der Waals surface area contributed by atoms with Gasteiger partial charge in [-0.2, -0.15) is 8.61 Å². The molecule has 2 aromatic carbocycles. The lowest BCUT2D eigenvalue weighted by Gasteiger charge is -2.21. The minimum atomic E-state index is -3.77. The number of nitrogens with zero attached hydrogens (tertiary/aromatic N) is 4. The molecule has 0 aliphatic carbocycles. The number of aryl methyl sites for hydroxylation is 2. The largest absolute Gasteiger partial charge is 0.337 e. The smallest absolute Gasteiger partial charge is 0.262 e. The third-order valence-electron chi connectivity index (χ3n) is 5.46. The fourth-order valence-corrected chi connectivity index (χ4v) is 6.61. The van der Waals surface area contributed by atoms with E-state index in [9.17, 15) is 16.8 Å². The van der Waals surface area contributed by atoms with Crippen molar-refractivity contribution in [3.63, 3.8) is 0 Å². The Balaban J connectivity index is 1.57. The Bertz CT molecular complexity index is 1280. The van der Waals surface area contributed by atoms with Gasteiger partial charge in [-0.15, -0.1) is 0 Å². The van der Waals surface area contributed by atoms with E-state index in [2.05, 4.69) is 4.98 Å². The zero-order valence-corrected chi connectivity index (χ0v) is 18.5. The third-order valence-corrected chi connectivity index (χ3v) is 9.13. The van der Waals surface area contributed by atoms with E-state index in [0.29, 0.717) is 12.2 Å². The molecule has 0 bridgehead atoms. The quantitative estimate of drug-likeness (QED) is 0.608. The Morgan fingerprint density at radius 3 is 2.10 bits per heavy atom. The van der Waals surface area contributed by atoms with Crippen molar-refractivity contribution in [1.29, 1.82) is 0 Å². The van der Waals surface area contributed by atoms with Crippen molar-refractivity contribution in [2.24, 2.45) is 7.05 Å². The van der Waals surface area contributed by atoms with Crippen molar-refractivity contribution in [1.82, 2.24) is 18.2 Å². The summed E-state index contributed by atoms with van der Waals surface area (Å²) >= 11 is 0. The standard InChI is InChI=1S/C20H24N4O4S2/c1-16-21-20(15-22(16)2)30(27,28)24-11-5-10-23(12-13-24)29(25,26)19-9-8-17-6-3-4-7-18(17)14-19/h3-4,6-9,14-15H,5,10-13H2,1-2H3. The van der Waals surface area contributed by atoms with Gasteiger partial charge in [0.2, 0.25) is 10.0 Å². The normalized spacial score (nSPS) is 17.3. The second-order valence-electron chi connectivity index (χ2n) is 7.41. The number of rotatable bonds is 4. The average Bonchev–Trinajstić information content (AvgIpc) is 2.93. The molecule has 0 saturated carbocycles. The van der Waals surface area contributed by atoms with Crippen LogP contribution in [0.4, 0.5) is 0 Å². The molecule has 1 fully saturated rings. The van der Waals surface area contributed by atoms with Gasteiger partial charge in [-0.3, -0.25) is 0 Å². The maximum atomic E-state index is 13.2. The number of sulfonamides is 2. The zero-order valence-electron chi connectivity index (χ0n) is 16.9. The highest BCUT2D eigenvalue weighted by molar-refractivity contribution is 7.89. The van der Waals surface area contributed by atoms with Gasteiger partial charge < -0.3 is 4.57 Å². The number of imidazole rings is 1. The van der Waals surface area contributed by atoms with E-state index in [1.807, 2.05) is 24.3 Å². The van der Waals surface area contributed by atoms with Crippen LogP contribution < -0.4 is 0 Å². The van der Waals surface area contributed by atoms with Crippen molar-refractivity contribution >= 4 is 30.8 Å². The molecule has 0 spiro atoms. The predicted molar refractivity (Wildman–Crippen MR) is 114 cm³/mol. The summed E-state index contributed by atoms with van der Waals surface area (Å²) in [5.41, 5.74) is 0. The molecule has 0 amide bonds. The lowest BCUT2D eigenvalue weighted by Crippen LogP contribution is -2.37. The van der Waals surface area contributed by atoms with Gasteiger partial charge in [0.25, 0.3) is 10.0 Å². The highest BCUT2D eigenvalue weighted by Crippen LogP contribution is 2.24. The summed E-state index contributed by atoms with van der Waals surface area (Å²) < 4.78 is 56.7. The van der Waals surface area contributed by atoms with Gasteiger partial charge in [0.1, 0.15) is 5.82 Å². The monoisotopic (exact) mass is 448 g/mol. The van der Waals surface area contributed by atoms with Crippen LogP contribution in [0.1, 0.15) is 12.2 Å². The molecule has 1 aromatic heterocycles. The van der Waals surface area contributed by atoms with Gasteiger partial charge in [0.05, 0.1) is 4.90 Å². The first-order chi connectivity index (χ1) is 14.2. The molecule has 2 heterocycles. The second kappa shape index (κ2) is 7.77. The minimum absolute atomic E-state index is 0.00617. The van der Waals surface area contributed by atoms with E-state index in [1.54, 1.807) is 36.7 Å². The van der Waals surface area contributed by atoms with Gasteiger partial charge in [-0.1, -0.05) is 30.3 Å². The van der Waals surface area contributed by atoms with Crippen molar-refractivity contribution in [3.8, 4) is 0 Å². The van der Waals surface area contributed by atoms with Crippen LogP contribution in [0.25, 0.3) is 10.8 Å². The molecule has 3 aromatic rings. The summed E-state index contributed by atoms with van der Waals surface area (Å²) in [5, 5.41) is 1.81. The SMILES string of the molecule is Cc1nc(S(=O)(=O)N2CCCN(S(=O)(=O)c3ccc4ccccc4c3)CC2)cn1C. The molecular formula is C20H24N4O4S2. The molecule has 10 heteroatoms. The van der Waals surface area contributed by atoms with Gasteiger partial charge >= 0.3 is 0 Å². The molecule has 0 atom stereocenters. The molecule has 1 aliphatic heterocycles. The summed E-state index contributed by atoms with van der Waals surface area (Å²) in [6.45, 7) is 2.44. The summed E-state index contributed by atoms with van der Waals surface area (Å²) in [5.74, 6) is 0.601. The van der Waals surface area contributed by atoms with Crippen molar-refractivity contribution in [2.75, 3.05) is 26.2 Å². The number of aromatic nitrogens is 2.